The minimum Gasteiger partial charge on any atom is -0.502 e. The molecule has 0 bridgehead atoms. The third kappa shape index (κ3) is 6.63. The molecule has 0 spiro atoms. The molecule has 216 valence electrons. The second-order valence-electron chi connectivity index (χ2n) is 11.4. The third-order valence-corrected chi connectivity index (χ3v) is 8.92. The molecule has 1 atom stereocenters. The van der Waals surface area contributed by atoms with Gasteiger partial charge in [0.05, 0.1) is 20.8 Å². The molecule has 1 heterocycles. The molecule has 0 saturated heterocycles. The summed E-state index contributed by atoms with van der Waals surface area (Å²) in [6, 6.07) is 21.3. The second-order valence-corrected chi connectivity index (χ2v) is 17.0. The molecule has 0 amide bonds. The Kier molecular flexibility index (Phi) is 9.79. The quantitative estimate of drug-likeness (QED) is 0.132. The summed E-state index contributed by atoms with van der Waals surface area (Å²) in [5.41, 5.74) is 3.44. The van der Waals surface area contributed by atoms with Crippen molar-refractivity contribution in [2.24, 2.45) is 0 Å². The van der Waals surface area contributed by atoms with Crippen LogP contribution >= 0.6 is 0 Å². The van der Waals surface area contributed by atoms with Crippen LogP contribution in [-0.2, 0) is 28.4 Å². The smallest absolute Gasteiger partial charge is 0.200 e. The van der Waals surface area contributed by atoms with Crippen molar-refractivity contribution in [3.63, 3.8) is 0 Å². The highest BCUT2D eigenvalue weighted by Crippen LogP contribution is 2.47. The maximum atomic E-state index is 10.4. The molecule has 3 aromatic carbocycles. The zero-order chi connectivity index (χ0) is 28.8. The van der Waals surface area contributed by atoms with E-state index in [-0.39, 0.29) is 19.1 Å². The van der Waals surface area contributed by atoms with Crippen molar-refractivity contribution in [3.8, 4) is 23.0 Å². The lowest BCUT2D eigenvalue weighted by molar-refractivity contribution is -0.135. The van der Waals surface area contributed by atoms with E-state index in [1.807, 2.05) is 12.1 Å². The molecule has 0 radical (unpaired) electrons. The van der Waals surface area contributed by atoms with Crippen LogP contribution in [0.15, 0.2) is 60.7 Å². The zero-order valence-corrected chi connectivity index (χ0v) is 25.7. The van der Waals surface area contributed by atoms with Crippen LogP contribution in [0.1, 0.15) is 35.6 Å². The fourth-order valence-corrected chi connectivity index (χ4v) is 5.87. The summed E-state index contributed by atoms with van der Waals surface area (Å²) in [5, 5.41) is 10.4. The summed E-state index contributed by atoms with van der Waals surface area (Å²) in [6.45, 7) is 12.1. The van der Waals surface area contributed by atoms with Gasteiger partial charge in [0, 0.05) is 38.9 Å². The first-order valence-electron chi connectivity index (χ1n) is 13.9. The van der Waals surface area contributed by atoms with Gasteiger partial charge in [0.25, 0.3) is 0 Å². The first-order valence-corrected chi connectivity index (χ1v) is 17.6. The Morgan fingerprint density at radius 3 is 2.25 bits per heavy atom. The van der Waals surface area contributed by atoms with Crippen LogP contribution < -0.4 is 14.2 Å². The van der Waals surface area contributed by atoms with Gasteiger partial charge in [0.2, 0.25) is 5.75 Å². The maximum Gasteiger partial charge on any atom is 0.200 e. The number of nitrogens with zero attached hydrogens (tertiary/aromatic N) is 1. The number of aromatic hydroxyl groups is 1. The molecule has 7 nitrogen and oxygen atoms in total. The van der Waals surface area contributed by atoms with E-state index >= 15 is 0 Å². The van der Waals surface area contributed by atoms with Crippen molar-refractivity contribution in [1.82, 2.24) is 4.90 Å². The minimum atomic E-state index is -1.13. The number of hydrogen-bond acceptors (Lipinski definition) is 7. The molecule has 8 heteroatoms. The average molecular weight is 566 g/mol. The van der Waals surface area contributed by atoms with E-state index in [4.69, 9.17) is 23.7 Å². The number of methoxy groups -OCH3 is 2. The van der Waals surface area contributed by atoms with Gasteiger partial charge in [-0.25, -0.2) is 0 Å². The molecule has 1 N–H and O–H groups in total. The number of phenolic OH excluding ortho intramolecular Hbond substituents is 1. The number of benzene rings is 3. The topological polar surface area (TPSA) is 69.6 Å². The van der Waals surface area contributed by atoms with Gasteiger partial charge in [0.1, 0.15) is 5.75 Å². The van der Waals surface area contributed by atoms with Gasteiger partial charge in [-0.3, -0.25) is 4.90 Å². The van der Waals surface area contributed by atoms with Crippen molar-refractivity contribution in [2.45, 2.75) is 57.9 Å². The summed E-state index contributed by atoms with van der Waals surface area (Å²) in [5.74, 6) is 1.42. The number of ether oxygens (including phenoxy) is 5. The maximum absolute atomic E-state index is 10.4. The Morgan fingerprint density at radius 1 is 0.950 bits per heavy atom. The van der Waals surface area contributed by atoms with Crippen molar-refractivity contribution < 1.29 is 28.8 Å². The normalized spacial score (nSPS) is 17.1. The minimum absolute atomic E-state index is 0.0256. The molecule has 0 aromatic heterocycles. The van der Waals surface area contributed by atoms with E-state index in [0.717, 1.165) is 54.6 Å². The van der Waals surface area contributed by atoms with E-state index < -0.39 is 13.8 Å². The van der Waals surface area contributed by atoms with Crippen molar-refractivity contribution in [2.75, 3.05) is 34.2 Å². The third-order valence-electron chi connectivity index (χ3n) is 7.22. The van der Waals surface area contributed by atoms with Crippen LogP contribution in [0.4, 0.5) is 0 Å². The Balaban J connectivity index is 1.63. The summed E-state index contributed by atoms with van der Waals surface area (Å²) < 4.78 is 29.3. The molecular weight excluding hydrogens is 522 g/mol. The number of hydrogen-bond donors (Lipinski definition) is 1. The first kappa shape index (κ1) is 29.9. The van der Waals surface area contributed by atoms with E-state index in [1.54, 1.807) is 12.1 Å². The lowest BCUT2D eigenvalue weighted by Crippen LogP contribution is -2.44. The average Bonchev–Trinajstić information content (AvgIpc) is 3.26. The predicted octanol–water partition coefficient (Wildman–Crippen LogP) is 6.74. The Labute approximate surface area is 239 Å². The first-order chi connectivity index (χ1) is 19.2. The van der Waals surface area contributed by atoms with Gasteiger partial charge in [-0.2, -0.15) is 0 Å². The Bertz CT molecular complexity index is 1230. The van der Waals surface area contributed by atoms with E-state index in [9.17, 15) is 5.11 Å². The van der Waals surface area contributed by atoms with Gasteiger partial charge in [-0.15, -0.1) is 0 Å². The summed E-state index contributed by atoms with van der Waals surface area (Å²) in [4.78, 5) is 2.39. The fraction of sp³-hybridized carbons (Fsp3) is 0.438. The predicted molar refractivity (Wildman–Crippen MR) is 160 cm³/mol. The van der Waals surface area contributed by atoms with Crippen LogP contribution in [0.5, 0.6) is 23.0 Å². The molecule has 1 aliphatic rings. The van der Waals surface area contributed by atoms with Gasteiger partial charge in [-0.1, -0.05) is 63.0 Å². The second kappa shape index (κ2) is 13.1. The van der Waals surface area contributed by atoms with Crippen LogP contribution in [-0.4, -0.2) is 52.2 Å². The molecule has 0 fully saturated rings. The van der Waals surface area contributed by atoms with Gasteiger partial charge in [-0.05, 0) is 47.9 Å². The van der Waals surface area contributed by atoms with Crippen LogP contribution in [0, 0.1) is 0 Å². The van der Waals surface area contributed by atoms with Crippen molar-refractivity contribution in [1.29, 1.82) is 0 Å². The molecule has 4 rings (SSSR count). The number of fused-ring (bicyclic) bond motifs is 1. The van der Waals surface area contributed by atoms with E-state index in [0.29, 0.717) is 11.5 Å². The highest BCUT2D eigenvalue weighted by Gasteiger charge is 2.47. The molecule has 1 unspecified atom stereocenters. The molecule has 40 heavy (non-hydrogen) atoms. The molecule has 3 aromatic rings. The van der Waals surface area contributed by atoms with Gasteiger partial charge < -0.3 is 28.8 Å². The standard InChI is InChI=1S/C32H43NO6Si/c1-7-16-33-21-25-10-8-9-11-28(25)32(33,39-22-24-19-29(35-2)31(34)30(20-24)36-3)26-12-14-27(15-13-26)38-23-37-17-18-40(4,5)6/h8-15,19-20,34H,7,16-18,21-23H2,1-6H3. The summed E-state index contributed by atoms with van der Waals surface area (Å²) >= 11 is 0. The zero-order valence-electron chi connectivity index (χ0n) is 24.7. The van der Waals surface area contributed by atoms with Crippen molar-refractivity contribution >= 4 is 8.07 Å². The number of phenols is 1. The van der Waals surface area contributed by atoms with Crippen LogP contribution in [0.25, 0.3) is 0 Å². The summed E-state index contributed by atoms with van der Waals surface area (Å²) in [6.07, 6.45) is 0.982. The largest absolute Gasteiger partial charge is 0.502 e. The number of rotatable bonds is 14. The van der Waals surface area contributed by atoms with Gasteiger partial charge in [0.15, 0.2) is 24.0 Å². The molecule has 0 aliphatic carbocycles. The SMILES string of the molecule is CCCN1Cc2ccccc2C1(OCc1cc(OC)c(O)c(OC)c1)c1ccc(OCOCC[Si](C)(C)C)cc1. The molecule has 0 saturated carbocycles. The molecule has 1 aliphatic heterocycles. The highest BCUT2D eigenvalue weighted by atomic mass is 28.3. The monoisotopic (exact) mass is 565 g/mol. The van der Waals surface area contributed by atoms with Crippen LogP contribution in [0.3, 0.4) is 0 Å². The lowest BCUT2D eigenvalue weighted by Gasteiger charge is -2.40. The van der Waals surface area contributed by atoms with Gasteiger partial charge >= 0.3 is 0 Å². The Hall–Kier alpha value is -3.04. The lowest BCUT2D eigenvalue weighted by atomic mass is 9.93. The van der Waals surface area contributed by atoms with E-state index in [1.165, 1.54) is 19.8 Å². The molecular formula is C32H43NO6Si. The fourth-order valence-electron chi connectivity index (χ4n) is 5.12. The highest BCUT2D eigenvalue weighted by molar-refractivity contribution is 6.76. The van der Waals surface area contributed by atoms with Crippen LogP contribution in [0.2, 0.25) is 25.7 Å². The Morgan fingerprint density at radius 2 is 1.62 bits per heavy atom. The van der Waals surface area contributed by atoms with Crippen molar-refractivity contribution in [3.05, 3.63) is 82.9 Å². The van der Waals surface area contributed by atoms with E-state index in [2.05, 4.69) is 67.9 Å². The summed E-state index contributed by atoms with van der Waals surface area (Å²) in [7, 11) is 1.92.